The molecule has 1 fully saturated rings. The van der Waals surface area contributed by atoms with Gasteiger partial charge in [0.05, 0.1) is 5.75 Å². The maximum atomic E-state index is 12.4. The van der Waals surface area contributed by atoms with Crippen molar-refractivity contribution in [3.8, 4) is 0 Å². The molecule has 1 aliphatic carbocycles. The topological polar surface area (TPSA) is 42.2 Å². The fourth-order valence-corrected chi connectivity index (χ4v) is 4.29. The van der Waals surface area contributed by atoms with Crippen molar-refractivity contribution >= 4 is 17.7 Å². The van der Waals surface area contributed by atoms with Crippen molar-refractivity contribution in [1.29, 1.82) is 0 Å². The molecule has 1 aliphatic rings. The minimum absolute atomic E-state index is 0.0675. The lowest BCUT2D eigenvalue weighted by Gasteiger charge is -2.14. The summed E-state index contributed by atoms with van der Waals surface area (Å²) < 4.78 is 5.75. The number of aryl methyl sites for hydroxylation is 1. The highest BCUT2D eigenvalue weighted by molar-refractivity contribution is 7.97. The maximum absolute atomic E-state index is 12.4. The average Bonchev–Trinajstić information content (AvgIpc) is 2.94. The molecular formula is C21H27NO2S. The van der Waals surface area contributed by atoms with Crippen LogP contribution in [0, 0.1) is 6.92 Å². The molecule has 1 saturated carbocycles. The molecule has 4 heteroatoms. The molecule has 1 heterocycles. The molecule has 0 bridgehead atoms. The van der Waals surface area contributed by atoms with Gasteiger partial charge in [-0.05, 0) is 43.0 Å². The number of thioether (sulfide) groups is 1. The summed E-state index contributed by atoms with van der Waals surface area (Å²) in [5.41, 5.74) is 2.67. The summed E-state index contributed by atoms with van der Waals surface area (Å²) in [5.74, 6) is 2.98. The normalized spacial score (nSPS) is 15.7. The van der Waals surface area contributed by atoms with E-state index in [0.29, 0.717) is 11.8 Å². The lowest BCUT2D eigenvalue weighted by molar-refractivity contribution is 0.0904. The number of hydrogen-bond acceptors (Lipinski definition) is 3. The highest BCUT2D eigenvalue weighted by Gasteiger charge is 2.18. The Bertz CT molecular complexity index is 687. The molecule has 1 N–H and O–H groups in total. The highest BCUT2D eigenvalue weighted by Crippen LogP contribution is 2.22. The Morgan fingerprint density at radius 1 is 1.08 bits per heavy atom. The predicted octanol–water partition coefficient (Wildman–Crippen LogP) is 5.47. The second-order valence-electron chi connectivity index (χ2n) is 6.85. The van der Waals surface area contributed by atoms with Crippen molar-refractivity contribution in [3.05, 3.63) is 59.0 Å². The van der Waals surface area contributed by atoms with Crippen LogP contribution in [0.15, 0.2) is 40.8 Å². The lowest BCUT2D eigenvalue weighted by atomic mass is 10.1. The van der Waals surface area contributed by atoms with E-state index < -0.39 is 0 Å². The first kappa shape index (κ1) is 18.1. The first-order chi connectivity index (χ1) is 12.2. The van der Waals surface area contributed by atoms with E-state index in [1.165, 1.54) is 36.8 Å². The molecule has 0 aliphatic heterocycles. The van der Waals surface area contributed by atoms with Crippen LogP contribution in [0.25, 0.3) is 0 Å². The largest absolute Gasteiger partial charge is 0.455 e. The predicted molar refractivity (Wildman–Crippen MR) is 104 cm³/mol. The number of benzene rings is 1. The Balaban J connectivity index is 1.48. The van der Waals surface area contributed by atoms with Gasteiger partial charge in [0.25, 0.3) is 5.91 Å². The second-order valence-corrected chi connectivity index (χ2v) is 7.83. The number of nitrogens with one attached hydrogen (secondary N) is 1. The first-order valence-electron chi connectivity index (χ1n) is 9.24. The van der Waals surface area contributed by atoms with Crippen LogP contribution in [0.1, 0.15) is 66.0 Å². The minimum Gasteiger partial charge on any atom is -0.455 e. The minimum atomic E-state index is -0.0675. The van der Waals surface area contributed by atoms with Crippen molar-refractivity contribution in [3.63, 3.8) is 0 Å². The molecular weight excluding hydrogens is 330 g/mol. The quantitative estimate of drug-likeness (QED) is 0.697. The molecule has 0 spiro atoms. The Hall–Kier alpha value is -1.68. The van der Waals surface area contributed by atoms with E-state index in [1.807, 2.05) is 17.8 Å². The molecule has 1 aromatic heterocycles. The molecule has 0 unspecified atom stereocenters. The van der Waals surface area contributed by atoms with Crippen molar-refractivity contribution in [2.45, 2.75) is 63.0 Å². The zero-order chi connectivity index (χ0) is 17.5. The number of hydrogen-bond donors (Lipinski definition) is 1. The van der Waals surface area contributed by atoms with Gasteiger partial charge in [-0.25, -0.2) is 0 Å². The Morgan fingerprint density at radius 3 is 2.60 bits per heavy atom. The average molecular weight is 358 g/mol. The van der Waals surface area contributed by atoms with E-state index in [-0.39, 0.29) is 5.91 Å². The highest BCUT2D eigenvalue weighted by atomic mass is 32.2. The summed E-state index contributed by atoms with van der Waals surface area (Å²) in [5, 5.41) is 3.14. The Morgan fingerprint density at radius 2 is 1.84 bits per heavy atom. The number of furan rings is 1. The summed E-state index contributed by atoms with van der Waals surface area (Å²) in [6, 6.07) is 12.5. The SMILES string of the molecule is Cc1ccccc1CSCc1ccc(C(=O)NC2CCCCCC2)o1. The first-order valence-corrected chi connectivity index (χ1v) is 10.4. The van der Waals surface area contributed by atoms with Crippen LogP contribution < -0.4 is 5.32 Å². The van der Waals surface area contributed by atoms with Gasteiger partial charge < -0.3 is 9.73 Å². The zero-order valence-electron chi connectivity index (χ0n) is 14.9. The van der Waals surface area contributed by atoms with Crippen LogP contribution in [0.5, 0.6) is 0 Å². The second kappa shape index (κ2) is 9.14. The van der Waals surface area contributed by atoms with Gasteiger partial charge in [0.1, 0.15) is 5.76 Å². The van der Waals surface area contributed by atoms with Gasteiger partial charge in [0.2, 0.25) is 0 Å². The van der Waals surface area contributed by atoms with Gasteiger partial charge >= 0.3 is 0 Å². The summed E-state index contributed by atoms with van der Waals surface area (Å²) in [4.78, 5) is 12.4. The van der Waals surface area contributed by atoms with E-state index in [9.17, 15) is 4.79 Å². The molecule has 3 nitrogen and oxygen atoms in total. The van der Waals surface area contributed by atoms with Crippen LogP contribution in [0.2, 0.25) is 0 Å². The van der Waals surface area contributed by atoms with E-state index in [0.717, 1.165) is 30.1 Å². The molecule has 1 aromatic carbocycles. The molecule has 0 atom stereocenters. The molecule has 1 amide bonds. The van der Waals surface area contributed by atoms with Crippen molar-refractivity contribution in [2.75, 3.05) is 0 Å². The third-order valence-corrected chi connectivity index (χ3v) is 5.84. The Kier molecular flexibility index (Phi) is 6.62. The number of amides is 1. The smallest absolute Gasteiger partial charge is 0.287 e. The van der Waals surface area contributed by atoms with Crippen molar-refractivity contribution < 1.29 is 9.21 Å². The molecule has 3 rings (SSSR count). The molecule has 2 aromatic rings. The number of carbonyl (C=O) groups excluding carboxylic acids is 1. The van der Waals surface area contributed by atoms with Gasteiger partial charge in [0.15, 0.2) is 5.76 Å². The van der Waals surface area contributed by atoms with E-state index in [4.69, 9.17) is 4.42 Å². The molecule has 0 radical (unpaired) electrons. The third kappa shape index (κ3) is 5.40. The van der Waals surface area contributed by atoms with Crippen LogP contribution in [-0.2, 0) is 11.5 Å². The number of rotatable bonds is 6. The van der Waals surface area contributed by atoms with Gasteiger partial charge in [-0.2, -0.15) is 0 Å². The van der Waals surface area contributed by atoms with Crippen molar-refractivity contribution in [1.82, 2.24) is 5.32 Å². The van der Waals surface area contributed by atoms with Crippen LogP contribution in [0.4, 0.5) is 0 Å². The fraction of sp³-hybridized carbons (Fsp3) is 0.476. The Labute approximate surface area is 154 Å². The number of carbonyl (C=O) groups is 1. The lowest BCUT2D eigenvalue weighted by Crippen LogP contribution is -2.34. The molecule has 0 saturated heterocycles. The van der Waals surface area contributed by atoms with E-state index in [2.05, 4.69) is 36.5 Å². The van der Waals surface area contributed by atoms with Crippen LogP contribution >= 0.6 is 11.8 Å². The van der Waals surface area contributed by atoms with Gasteiger partial charge in [-0.3, -0.25) is 4.79 Å². The van der Waals surface area contributed by atoms with Gasteiger partial charge in [-0.1, -0.05) is 49.9 Å². The fourth-order valence-electron chi connectivity index (χ4n) is 3.29. The van der Waals surface area contributed by atoms with Crippen LogP contribution in [0.3, 0.4) is 0 Å². The molecule has 134 valence electrons. The standard InChI is InChI=1S/C21H27NO2S/c1-16-8-6-7-9-17(16)14-25-15-19-12-13-20(24-19)21(23)22-18-10-4-2-3-5-11-18/h6-9,12-13,18H,2-5,10-11,14-15H2,1H3,(H,22,23). The van der Waals surface area contributed by atoms with E-state index >= 15 is 0 Å². The van der Waals surface area contributed by atoms with E-state index in [1.54, 1.807) is 6.07 Å². The zero-order valence-corrected chi connectivity index (χ0v) is 15.7. The summed E-state index contributed by atoms with van der Waals surface area (Å²) in [6.45, 7) is 2.14. The van der Waals surface area contributed by atoms with Crippen LogP contribution in [-0.4, -0.2) is 11.9 Å². The summed E-state index contributed by atoms with van der Waals surface area (Å²) in [7, 11) is 0. The monoisotopic (exact) mass is 357 g/mol. The maximum Gasteiger partial charge on any atom is 0.287 e. The van der Waals surface area contributed by atoms with Crippen molar-refractivity contribution in [2.24, 2.45) is 0 Å². The molecule has 25 heavy (non-hydrogen) atoms. The summed E-state index contributed by atoms with van der Waals surface area (Å²) in [6.07, 6.45) is 7.18. The van der Waals surface area contributed by atoms with Gasteiger partial charge in [-0.15, -0.1) is 11.8 Å². The summed E-state index contributed by atoms with van der Waals surface area (Å²) >= 11 is 1.81. The third-order valence-electron chi connectivity index (χ3n) is 4.84. The van der Waals surface area contributed by atoms with Gasteiger partial charge in [0, 0.05) is 11.8 Å².